The predicted octanol–water partition coefficient (Wildman–Crippen LogP) is 3.20. The number of carbonyl (C=O) groups excluding carboxylic acids is 1. The van der Waals surface area contributed by atoms with E-state index in [2.05, 4.69) is 15.3 Å². The Morgan fingerprint density at radius 1 is 1.16 bits per heavy atom. The molecule has 1 N–H and O–H groups in total. The molecule has 0 atom stereocenters. The van der Waals surface area contributed by atoms with Crippen molar-refractivity contribution in [1.82, 2.24) is 14.9 Å². The second-order valence-corrected chi connectivity index (χ2v) is 6.34. The fraction of sp³-hybridized carbons (Fsp3) is 0.421. The molecule has 5 nitrogen and oxygen atoms in total. The van der Waals surface area contributed by atoms with Gasteiger partial charge >= 0.3 is 0 Å². The second-order valence-electron chi connectivity index (χ2n) is 6.34. The Bertz CT molecular complexity index is 727. The zero-order chi connectivity index (χ0) is 17.6. The van der Waals surface area contributed by atoms with Crippen molar-refractivity contribution in [2.24, 2.45) is 0 Å². The lowest BCUT2D eigenvalue weighted by molar-refractivity contribution is 0.0718. The monoisotopic (exact) mass is 342 g/mol. The Hall–Kier alpha value is -2.50. The summed E-state index contributed by atoms with van der Waals surface area (Å²) < 4.78 is 12.9. The third-order valence-electron chi connectivity index (χ3n) is 4.33. The first-order valence-corrected chi connectivity index (χ1v) is 8.75. The number of carbonyl (C=O) groups is 1. The van der Waals surface area contributed by atoms with Crippen LogP contribution < -0.4 is 5.32 Å². The number of rotatable bonds is 5. The Kier molecular flexibility index (Phi) is 5.58. The van der Waals surface area contributed by atoms with Crippen LogP contribution in [-0.4, -0.2) is 40.4 Å². The minimum absolute atomic E-state index is 0.0215. The van der Waals surface area contributed by atoms with Gasteiger partial charge in [-0.15, -0.1) is 0 Å². The van der Waals surface area contributed by atoms with E-state index < -0.39 is 0 Å². The Morgan fingerprint density at radius 2 is 1.88 bits per heavy atom. The van der Waals surface area contributed by atoms with Crippen molar-refractivity contribution in [1.29, 1.82) is 0 Å². The van der Waals surface area contributed by atoms with Gasteiger partial charge in [0, 0.05) is 25.7 Å². The maximum Gasteiger partial charge on any atom is 0.272 e. The third-order valence-corrected chi connectivity index (χ3v) is 4.33. The van der Waals surface area contributed by atoms with Crippen LogP contribution in [0, 0.1) is 12.7 Å². The van der Waals surface area contributed by atoms with Crippen molar-refractivity contribution in [2.45, 2.75) is 32.6 Å². The molecular weight excluding hydrogens is 319 g/mol. The number of amides is 1. The molecule has 1 aromatic carbocycles. The Balaban J connectivity index is 1.62. The van der Waals surface area contributed by atoms with Crippen molar-refractivity contribution in [3.63, 3.8) is 0 Å². The molecule has 1 fully saturated rings. The number of nitrogens with zero attached hydrogens (tertiary/aromatic N) is 3. The molecule has 25 heavy (non-hydrogen) atoms. The predicted molar refractivity (Wildman–Crippen MR) is 95.1 cm³/mol. The topological polar surface area (TPSA) is 58.1 Å². The molecule has 1 saturated heterocycles. The van der Waals surface area contributed by atoms with E-state index in [-0.39, 0.29) is 11.7 Å². The highest BCUT2D eigenvalue weighted by Crippen LogP contribution is 2.14. The van der Waals surface area contributed by atoms with Crippen LogP contribution in [0.3, 0.4) is 0 Å². The van der Waals surface area contributed by atoms with E-state index in [0.717, 1.165) is 37.9 Å². The van der Waals surface area contributed by atoms with E-state index in [9.17, 15) is 9.18 Å². The van der Waals surface area contributed by atoms with Gasteiger partial charge in [-0.1, -0.05) is 12.1 Å². The number of piperidine rings is 1. The minimum atomic E-state index is -0.232. The van der Waals surface area contributed by atoms with Gasteiger partial charge in [0.05, 0.1) is 0 Å². The van der Waals surface area contributed by atoms with E-state index in [1.54, 1.807) is 25.1 Å². The molecule has 0 saturated carbocycles. The van der Waals surface area contributed by atoms with E-state index in [4.69, 9.17) is 0 Å². The summed E-state index contributed by atoms with van der Waals surface area (Å²) in [6.07, 6.45) is 4.04. The molecule has 0 unspecified atom stereocenters. The Morgan fingerprint density at radius 3 is 2.60 bits per heavy atom. The number of halogens is 1. The quantitative estimate of drug-likeness (QED) is 0.906. The van der Waals surface area contributed by atoms with Crippen molar-refractivity contribution in [2.75, 3.05) is 25.0 Å². The average Bonchev–Trinajstić information content (AvgIpc) is 2.63. The first kappa shape index (κ1) is 17.3. The normalized spacial score (nSPS) is 14.4. The molecule has 132 valence electrons. The summed E-state index contributed by atoms with van der Waals surface area (Å²) in [6, 6.07) is 8.18. The molecule has 0 bridgehead atoms. The van der Waals surface area contributed by atoms with Crippen LogP contribution in [0.2, 0.25) is 0 Å². The lowest BCUT2D eigenvalue weighted by Gasteiger charge is -2.26. The molecule has 1 aliphatic heterocycles. The van der Waals surface area contributed by atoms with Crippen molar-refractivity contribution >= 4 is 11.7 Å². The zero-order valence-electron chi connectivity index (χ0n) is 14.5. The number of aromatic nitrogens is 2. The van der Waals surface area contributed by atoms with Gasteiger partial charge in [0.1, 0.15) is 23.2 Å². The van der Waals surface area contributed by atoms with Crippen LogP contribution in [0.5, 0.6) is 0 Å². The van der Waals surface area contributed by atoms with Crippen molar-refractivity contribution in [3.8, 4) is 0 Å². The summed E-state index contributed by atoms with van der Waals surface area (Å²) in [5, 5.41) is 3.23. The molecule has 1 aromatic heterocycles. The zero-order valence-corrected chi connectivity index (χ0v) is 14.5. The molecule has 3 rings (SSSR count). The molecular formula is C19H23FN4O. The molecule has 0 aliphatic carbocycles. The summed E-state index contributed by atoms with van der Waals surface area (Å²) in [5.74, 6) is 0.970. The van der Waals surface area contributed by atoms with Crippen LogP contribution in [-0.2, 0) is 6.42 Å². The van der Waals surface area contributed by atoms with Gasteiger partial charge in [0.2, 0.25) is 0 Å². The summed E-state index contributed by atoms with van der Waals surface area (Å²) in [5.41, 5.74) is 1.49. The standard InChI is InChI=1S/C19H23FN4O/c1-14-22-17(19(25)24-11-3-2-4-12-24)13-18(23-14)21-10-9-15-5-7-16(20)8-6-15/h5-8,13H,2-4,9-12H2,1H3,(H,21,22,23). The van der Waals surface area contributed by atoms with Crippen LogP contribution in [0.25, 0.3) is 0 Å². The first-order valence-electron chi connectivity index (χ1n) is 8.75. The molecule has 1 amide bonds. The molecule has 0 radical (unpaired) electrons. The molecule has 2 aromatic rings. The third kappa shape index (κ3) is 4.75. The van der Waals surface area contributed by atoms with Crippen molar-refractivity contribution < 1.29 is 9.18 Å². The number of benzene rings is 1. The molecule has 6 heteroatoms. The summed E-state index contributed by atoms with van der Waals surface area (Å²) in [7, 11) is 0. The first-order chi connectivity index (χ1) is 12.1. The van der Waals surface area contributed by atoms with Gasteiger partial charge in [0.25, 0.3) is 5.91 Å². The van der Waals surface area contributed by atoms with Gasteiger partial charge in [-0.25, -0.2) is 14.4 Å². The van der Waals surface area contributed by atoms with Crippen LogP contribution in [0.1, 0.15) is 41.1 Å². The van der Waals surface area contributed by atoms with E-state index in [1.165, 1.54) is 18.6 Å². The number of hydrogen-bond donors (Lipinski definition) is 1. The Labute approximate surface area is 147 Å². The molecule has 1 aliphatic rings. The number of aryl methyl sites for hydroxylation is 1. The highest BCUT2D eigenvalue weighted by Gasteiger charge is 2.20. The maximum absolute atomic E-state index is 12.9. The smallest absolute Gasteiger partial charge is 0.272 e. The van der Waals surface area contributed by atoms with Gasteiger partial charge in [-0.05, 0) is 50.3 Å². The SMILES string of the molecule is Cc1nc(NCCc2ccc(F)cc2)cc(C(=O)N2CCCCC2)n1. The van der Waals surface area contributed by atoms with Gasteiger partial charge in [-0.2, -0.15) is 0 Å². The maximum atomic E-state index is 12.9. The average molecular weight is 342 g/mol. The largest absolute Gasteiger partial charge is 0.370 e. The second kappa shape index (κ2) is 8.05. The van der Waals surface area contributed by atoms with E-state index >= 15 is 0 Å². The van der Waals surface area contributed by atoms with Gasteiger partial charge in [-0.3, -0.25) is 4.79 Å². The lowest BCUT2D eigenvalue weighted by Crippen LogP contribution is -2.36. The summed E-state index contributed by atoms with van der Waals surface area (Å²) in [6.45, 7) is 4.04. The van der Waals surface area contributed by atoms with Gasteiger partial charge < -0.3 is 10.2 Å². The van der Waals surface area contributed by atoms with E-state index in [1.807, 2.05) is 4.90 Å². The molecule has 0 spiro atoms. The van der Waals surface area contributed by atoms with Crippen LogP contribution >= 0.6 is 0 Å². The fourth-order valence-electron chi connectivity index (χ4n) is 3.01. The van der Waals surface area contributed by atoms with Gasteiger partial charge in [0.15, 0.2) is 0 Å². The van der Waals surface area contributed by atoms with Crippen LogP contribution in [0.15, 0.2) is 30.3 Å². The molecule has 2 heterocycles. The number of nitrogens with one attached hydrogen (secondary N) is 1. The summed E-state index contributed by atoms with van der Waals surface area (Å²) in [4.78, 5) is 23.1. The highest BCUT2D eigenvalue weighted by molar-refractivity contribution is 5.93. The van der Waals surface area contributed by atoms with Crippen LogP contribution in [0.4, 0.5) is 10.2 Å². The summed E-state index contributed by atoms with van der Waals surface area (Å²) >= 11 is 0. The number of likely N-dealkylation sites (tertiary alicyclic amines) is 1. The van der Waals surface area contributed by atoms with Crippen molar-refractivity contribution in [3.05, 3.63) is 53.2 Å². The fourth-order valence-corrected chi connectivity index (χ4v) is 3.01. The van der Waals surface area contributed by atoms with E-state index in [0.29, 0.717) is 23.9 Å². The minimum Gasteiger partial charge on any atom is -0.370 e. The number of hydrogen-bond acceptors (Lipinski definition) is 4. The highest BCUT2D eigenvalue weighted by atomic mass is 19.1. The number of anilines is 1. The lowest BCUT2D eigenvalue weighted by atomic mass is 10.1.